The van der Waals surface area contributed by atoms with Crippen molar-refractivity contribution >= 4 is 65.3 Å². The van der Waals surface area contributed by atoms with Crippen LogP contribution >= 0.6 is 23.2 Å². The maximum absolute atomic E-state index is 14.4. The average Bonchev–Trinajstić information content (AvgIpc) is 3.72. The first kappa shape index (κ1) is 33.8. The molecule has 0 aliphatic carbocycles. The number of nitrogens with zero attached hydrogens (tertiary/aromatic N) is 7. The molecule has 11 nitrogen and oxygen atoms in total. The highest BCUT2D eigenvalue weighted by Gasteiger charge is 2.50. The molecule has 5 heterocycles. The van der Waals surface area contributed by atoms with Crippen molar-refractivity contribution in [3.05, 3.63) is 38.9 Å². The molecule has 47 heavy (non-hydrogen) atoms. The van der Waals surface area contributed by atoms with Crippen molar-refractivity contribution in [2.45, 2.75) is 96.2 Å². The van der Waals surface area contributed by atoms with Gasteiger partial charge in [0.2, 0.25) is 5.95 Å². The number of aromatic nitrogens is 5. The molecule has 2 fully saturated rings. The van der Waals surface area contributed by atoms with E-state index in [-0.39, 0.29) is 36.5 Å². The first-order valence-corrected chi connectivity index (χ1v) is 20.7. The molecule has 0 N–H and O–H groups in total. The van der Waals surface area contributed by atoms with E-state index in [0.29, 0.717) is 55.8 Å². The molecule has 1 aromatic carbocycles. The zero-order valence-corrected chi connectivity index (χ0v) is 31.2. The summed E-state index contributed by atoms with van der Waals surface area (Å²) in [5.41, 5.74) is 1.77. The first-order chi connectivity index (χ1) is 22.0. The zero-order chi connectivity index (χ0) is 34.2. The van der Waals surface area contributed by atoms with Crippen LogP contribution in [0.5, 0.6) is 0 Å². The Kier molecular flexibility index (Phi) is 8.72. The van der Waals surface area contributed by atoms with Crippen molar-refractivity contribution in [1.29, 1.82) is 0 Å². The van der Waals surface area contributed by atoms with Crippen LogP contribution in [0.2, 0.25) is 35.9 Å². The van der Waals surface area contributed by atoms with Crippen LogP contribution in [-0.4, -0.2) is 80.3 Å². The van der Waals surface area contributed by atoms with Crippen molar-refractivity contribution in [2.24, 2.45) is 14.1 Å². The minimum atomic E-state index is -1.31. The summed E-state index contributed by atoms with van der Waals surface area (Å²) in [6.07, 6.45) is 4.20. The summed E-state index contributed by atoms with van der Waals surface area (Å²) in [7, 11) is 4.03. The third kappa shape index (κ3) is 6.18. The molecule has 3 atom stereocenters. The van der Waals surface area contributed by atoms with Crippen molar-refractivity contribution in [2.75, 3.05) is 18.6 Å². The number of hydrogen-bond acceptors (Lipinski definition) is 7. The second-order valence-corrected chi connectivity index (χ2v) is 21.5. The van der Waals surface area contributed by atoms with E-state index in [1.807, 2.05) is 43.7 Å². The lowest BCUT2D eigenvalue weighted by Gasteiger charge is -2.33. The SMILES string of the molecule is CN(C(=O)OC(C)(C)C)[C@@H]1C[C@@H]2CC[C@H]1N2c1nc2c(c(-c3ccc4nn(C)c(Cl)c4c3Cl)cn2COCC[Si](C)(C)C)c(=O)n1C. The lowest BCUT2D eigenvalue weighted by molar-refractivity contribution is 0.0202. The summed E-state index contributed by atoms with van der Waals surface area (Å²) in [5.74, 6) is 0.583. The van der Waals surface area contributed by atoms with Crippen molar-refractivity contribution in [1.82, 2.24) is 28.8 Å². The highest BCUT2D eigenvalue weighted by molar-refractivity contribution is 6.76. The molecule has 2 saturated heterocycles. The Bertz CT molecular complexity index is 1920. The fourth-order valence-electron chi connectivity index (χ4n) is 6.95. The number of hydrogen-bond donors (Lipinski definition) is 0. The number of anilines is 1. The van der Waals surface area contributed by atoms with Gasteiger partial charge in [0.25, 0.3) is 5.56 Å². The quantitative estimate of drug-likeness (QED) is 0.146. The molecule has 14 heteroatoms. The number of fused-ring (bicyclic) bond motifs is 4. The molecule has 0 unspecified atom stereocenters. The van der Waals surface area contributed by atoms with Crippen molar-refractivity contribution in [3.8, 4) is 11.1 Å². The number of aryl methyl sites for hydroxylation is 1. The third-order valence-corrected chi connectivity index (χ3v) is 11.9. The third-order valence-electron chi connectivity index (χ3n) is 9.37. The Labute approximate surface area is 286 Å². The highest BCUT2D eigenvalue weighted by atomic mass is 35.5. The van der Waals surface area contributed by atoms with Gasteiger partial charge in [-0.05, 0) is 52.1 Å². The van der Waals surface area contributed by atoms with E-state index in [9.17, 15) is 9.59 Å². The fourth-order valence-corrected chi connectivity index (χ4v) is 8.34. The molecule has 4 aromatic rings. The van der Waals surface area contributed by atoms with Gasteiger partial charge >= 0.3 is 6.09 Å². The minimum Gasteiger partial charge on any atom is -0.444 e. The molecule has 2 aliphatic rings. The Morgan fingerprint density at radius 1 is 1.11 bits per heavy atom. The lowest BCUT2D eigenvalue weighted by atomic mass is 9.95. The number of rotatable bonds is 8. The summed E-state index contributed by atoms with van der Waals surface area (Å²) < 4.78 is 17.0. The van der Waals surface area contributed by atoms with E-state index in [0.717, 1.165) is 25.3 Å². The van der Waals surface area contributed by atoms with Gasteiger partial charge in [0.1, 0.15) is 17.5 Å². The zero-order valence-electron chi connectivity index (χ0n) is 28.7. The van der Waals surface area contributed by atoms with E-state index < -0.39 is 13.7 Å². The molecule has 3 aromatic heterocycles. The Morgan fingerprint density at radius 3 is 2.51 bits per heavy atom. The normalized spacial score (nSPS) is 19.8. The summed E-state index contributed by atoms with van der Waals surface area (Å²) >= 11 is 13.6. The lowest BCUT2D eigenvalue weighted by Crippen LogP contribution is -2.47. The number of amides is 1. The fraction of sp³-hybridized carbons (Fsp3) is 0.576. The summed E-state index contributed by atoms with van der Waals surface area (Å²) in [6.45, 7) is 13.4. The van der Waals surface area contributed by atoms with Gasteiger partial charge in [0.15, 0.2) is 5.65 Å². The molecular weight excluding hydrogens is 657 g/mol. The second-order valence-electron chi connectivity index (χ2n) is 15.2. The van der Waals surface area contributed by atoms with Gasteiger partial charge < -0.3 is 23.8 Å². The van der Waals surface area contributed by atoms with Crippen molar-refractivity contribution in [3.63, 3.8) is 0 Å². The number of carbonyl (C=O) groups is 1. The molecule has 2 aliphatic heterocycles. The standard InChI is InChI=1S/C33H45Cl2N7O4Si/c1-33(2,3)46-32(44)38(4)24-16-19-10-13-23(24)42(19)31-36-29-25(30(43)39(31)5)21(17-41(29)18-45-14-15-47(7,8)9)20-11-12-22-26(27(20)34)28(35)40(6)37-22/h11-12,17,19,23-24H,10,13-16,18H2,1-9H3/t19-,23+,24+/m0/s1. The summed E-state index contributed by atoms with van der Waals surface area (Å²) in [5, 5.41) is 6.41. The van der Waals surface area contributed by atoms with Crippen LogP contribution in [0.15, 0.2) is 23.1 Å². The molecule has 0 spiro atoms. The van der Waals surface area contributed by atoms with E-state index in [1.165, 1.54) is 0 Å². The van der Waals surface area contributed by atoms with Crippen LogP contribution in [0.4, 0.5) is 10.7 Å². The second kappa shape index (κ2) is 12.1. The first-order valence-electron chi connectivity index (χ1n) is 16.2. The molecule has 254 valence electrons. The number of ether oxygens (including phenoxy) is 2. The van der Waals surface area contributed by atoms with Gasteiger partial charge in [-0.25, -0.2) is 4.79 Å². The van der Waals surface area contributed by atoms with E-state index in [4.69, 9.17) is 37.7 Å². The number of likely N-dealkylation sites (N-methyl/N-ethyl adjacent to an activating group) is 1. The monoisotopic (exact) mass is 701 g/mol. The smallest absolute Gasteiger partial charge is 0.410 e. The Balaban J connectivity index is 1.44. The van der Waals surface area contributed by atoms with Gasteiger partial charge in [-0.2, -0.15) is 10.1 Å². The van der Waals surface area contributed by atoms with Gasteiger partial charge in [-0.15, -0.1) is 0 Å². The van der Waals surface area contributed by atoms with Crippen molar-refractivity contribution < 1.29 is 14.3 Å². The van der Waals surface area contributed by atoms with E-state index in [2.05, 4.69) is 29.6 Å². The van der Waals surface area contributed by atoms with Gasteiger partial charge in [0.05, 0.1) is 33.4 Å². The van der Waals surface area contributed by atoms with Crippen LogP contribution in [0.1, 0.15) is 40.0 Å². The summed E-state index contributed by atoms with van der Waals surface area (Å²) in [6, 6.07) is 4.86. The number of halogens is 2. The van der Waals surface area contributed by atoms with Crippen LogP contribution < -0.4 is 10.5 Å². The molecule has 1 amide bonds. The number of benzene rings is 1. The maximum Gasteiger partial charge on any atom is 0.410 e. The van der Waals surface area contributed by atoms with Crippen LogP contribution in [-0.2, 0) is 30.3 Å². The van der Waals surface area contributed by atoms with E-state index in [1.54, 1.807) is 35.3 Å². The molecule has 2 bridgehead atoms. The Hall–Kier alpha value is -3.06. The van der Waals surface area contributed by atoms with Crippen LogP contribution in [0.3, 0.4) is 0 Å². The summed E-state index contributed by atoms with van der Waals surface area (Å²) in [4.78, 5) is 36.6. The van der Waals surface area contributed by atoms with E-state index >= 15 is 0 Å². The van der Waals surface area contributed by atoms with Gasteiger partial charge in [0, 0.05) is 59.2 Å². The minimum absolute atomic E-state index is 0.00789. The van der Waals surface area contributed by atoms with Crippen LogP contribution in [0, 0.1) is 0 Å². The molecule has 6 rings (SSSR count). The maximum atomic E-state index is 14.4. The predicted octanol–water partition coefficient (Wildman–Crippen LogP) is 6.88. The number of carbonyl (C=O) groups excluding carboxylic acids is 1. The predicted molar refractivity (Wildman–Crippen MR) is 190 cm³/mol. The molecule has 0 saturated carbocycles. The van der Waals surface area contributed by atoms with Gasteiger partial charge in [-0.1, -0.05) is 48.9 Å². The van der Waals surface area contributed by atoms with Gasteiger partial charge in [-0.3, -0.25) is 14.0 Å². The Morgan fingerprint density at radius 2 is 1.83 bits per heavy atom. The molecule has 0 radical (unpaired) electrons. The largest absolute Gasteiger partial charge is 0.444 e. The average molecular weight is 703 g/mol. The highest BCUT2D eigenvalue weighted by Crippen LogP contribution is 2.44. The topological polar surface area (TPSA) is 99.7 Å². The molecular formula is C33H45Cl2N7O4Si. The van der Waals surface area contributed by atoms with Crippen LogP contribution in [0.25, 0.3) is 33.1 Å².